The third-order valence-corrected chi connectivity index (χ3v) is 9.00. The Morgan fingerprint density at radius 2 is 2.05 bits per heavy atom. The van der Waals surface area contributed by atoms with Crippen molar-refractivity contribution < 1.29 is 13.5 Å². The summed E-state index contributed by atoms with van der Waals surface area (Å²) in [4.78, 5) is 34.3. The lowest BCUT2D eigenvalue weighted by molar-refractivity contribution is 0.107. The smallest absolute Gasteiger partial charge is 0.319 e. The van der Waals surface area contributed by atoms with Gasteiger partial charge >= 0.3 is 6.01 Å². The zero-order valence-corrected chi connectivity index (χ0v) is 22.0. The minimum atomic E-state index is -0.865. The number of aromatic amines is 1. The van der Waals surface area contributed by atoms with E-state index in [1.165, 1.54) is 6.07 Å². The molecule has 0 amide bonds. The van der Waals surface area contributed by atoms with Crippen molar-refractivity contribution in [2.45, 2.75) is 31.0 Å². The Morgan fingerprint density at radius 3 is 2.90 bits per heavy atom. The number of halogens is 2. The van der Waals surface area contributed by atoms with Crippen LogP contribution in [0.1, 0.15) is 19.3 Å². The van der Waals surface area contributed by atoms with Crippen LogP contribution in [0.25, 0.3) is 32.4 Å². The molecule has 10 nitrogen and oxygen atoms in total. The average Bonchev–Trinajstić information content (AvgIpc) is 3.59. The molecule has 0 radical (unpaired) electrons. The van der Waals surface area contributed by atoms with Gasteiger partial charge in [-0.15, -0.1) is 0 Å². The summed E-state index contributed by atoms with van der Waals surface area (Å²) in [7, 11) is 0. The predicted octanol–water partition coefficient (Wildman–Crippen LogP) is 2.68. The number of aromatic nitrogens is 4. The Kier molecular flexibility index (Phi) is 5.90. The van der Waals surface area contributed by atoms with E-state index < -0.39 is 12.0 Å². The number of rotatable bonds is 5. The lowest BCUT2D eigenvalue weighted by atomic mass is 9.95. The van der Waals surface area contributed by atoms with E-state index in [1.54, 1.807) is 12.1 Å². The number of nitrogens with one attached hydrogen (secondary N) is 2. The van der Waals surface area contributed by atoms with E-state index in [2.05, 4.69) is 25.2 Å². The van der Waals surface area contributed by atoms with Crippen LogP contribution in [-0.4, -0.2) is 82.4 Å². The minimum Gasteiger partial charge on any atom is -0.461 e. The number of thiazole rings is 1. The van der Waals surface area contributed by atoms with Gasteiger partial charge < -0.3 is 25.7 Å². The monoisotopic (exact) mass is 554 g/mol. The van der Waals surface area contributed by atoms with Gasteiger partial charge in [-0.25, -0.2) is 13.8 Å². The molecule has 3 aromatic heterocycles. The highest BCUT2D eigenvalue weighted by molar-refractivity contribution is 7.22. The van der Waals surface area contributed by atoms with Crippen molar-refractivity contribution in [3.63, 3.8) is 0 Å². The second kappa shape index (κ2) is 9.35. The van der Waals surface area contributed by atoms with Gasteiger partial charge in [0, 0.05) is 44.7 Å². The number of nitrogens with two attached hydrogens (primary N) is 1. The van der Waals surface area contributed by atoms with E-state index in [0.29, 0.717) is 64.2 Å². The third-order valence-electron chi connectivity index (χ3n) is 8.10. The molecule has 4 aromatic rings. The van der Waals surface area contributed by atoms with Crippen molar-refractivity contribution in [3.8, 4) is 17.3 Å². The van der Waals surface area contributed by atoms with Crippen LogP contribution in [0.3, 0.4) is 0 Å². The molecule has 204 valence electrons. The van der Waals surface area contributed by atoms with Crippen molar-refractivity contribution in [1.29, 1.82) is 0 Å². The topological polar surface area (TPSA) is 125 Å². The van der Waals surface area contributed by atoms with Crippen molar-refractivity contribution in [1.82, 2.24) is 30.2 Å². The van der Waals surface area contributed by atoms with Gasteiger partial charge in [-0.1, -0.05) is 11.3 Å². The summed E-state index contributed by atoms with van der Waals surface area (Å²) in [5.74, 6) is 0.0786. The van der Waals surface area contributed by atoms with Gasteiger partial charge in [0.05, 0.1) is 27.0 Å². The van der Waals surface area contributed by atoms with Gasteiger partial charge in [-0.2, -0.15) is 9.97 Å². The first-order chi connectivity index (χ1) is 18.9. The van der Waals surface area contributed by atoms with Crippen molar-refractivity contribution in [2.75, 3.05) is 56.5 Å². The van der Waals surface area contributed by atoms with Crippen LogP contribution < -0.4 is 26.2 Å². The largest absolute Gasteiger partial charge is 0.461 e. The maximum atomic E-state index is 14.4. The van der Waals surface area contributed by atoms with Crippen LogP contribution in [0.4, 0.5) is 19.7 Å². The Balaban J connectivity index is 1.33. The first-order valence-electron chi connectivity index (χ1n) is 13.2. The molecule has 0 spiro atoms. The first-order valence-corrected chi connectivity index (χ1v) is 14.0. The molecule has 13 heteroatoms. The quantitative estimate of drug-likeness (QED) is 0.341. The molecule has 0 saturated carbocycles. The number of benzene rings is 1. The van der Waals surface area contributed by atoms with Gasteiger partial charge in [0.1, 0.15) is 29.8 Å². The van der Waals surface area contributed by atoms with Crippen molar-refractivity contribution >= 4 is 43.4 Å². The summed E-state index contributed by atoms with van der Waals surface area (Å²) in [6.45, 7) is 4.43. The molecule has 1 unspecified atom stereocenters. The number of piperazine rings is 1. The zero-order valence-electron chi connectivity index (χ0n) is 21.2. The predicted molar refractivity (Wildman–Crippen MR) is 147 cm³/mol. The number of pyridine rings is 1. The molecule has 2 atom stereocenters. The molecule has 0 aliphatic carbocycles. The number of fused-ring (bicyclic) bond motifs is 3. The maximum Gasteiger partial charge on any atom is 0.319 e. The standard InChI is InChI=1S/C26H28F2N8O2S/c27-14-11-26(4-1-7-36(26)12-14)13-38-25-32-18-10-17(15-2-3-16(28)21-20(15)33-24(29)39-21)31-23(37)19(18)22(34-25)35-8-5-30-6-9-35/h2-3,10,14,30H,1,4-9,11-13H2,(H2,29,33)(H,31,37)/t14?,26-/m0/s1. The molecular formula is C26H28F2N8O2S. The van der Waals surface area contributed by atoms with Gasteiger partial charge in [-0.3, -0.25) is 9.69 Å². The van der Waals surface area contributed by atoms with E-state index in [0.717, 1.165) is 43.8 Å². The summed E-state index contributed by atoms with van der Waals surface area (Å²) >= 11 is 1.06. The van der Waals surface area contributed by atoms with Crippen LogP contribution >= 0.6 is 11.3 Å². The van der Waals surface area contributed by atoms with E-state index >= 15 is 0 Å². The number of hydrogen-bond acceptors (Lipinski definition) is 10. The molecule has 0 bridgehead atoms. The fourth-order valence-corrected chi connectivity index (χ4v) is 7.06. The summed E-state index contributed by atoms with van der Waals surface area (Å²) in [6, 6.07) is 4.81. The highest BCUT2D eigenvalue weighted by Gasteiger charge is 2.49. The molecule has 4 N–H and O–H groups in total. The summed E-state index contributed by atoms with van der Waals surface area (Å²) in [5.41, 5.74) is 6.93. The van der Waals surface area contributed by atoms with Gasteiger partial charge in [0.2, 0.25) is 0 Å². The number of H-pyrrole nitrogens is 1. The van der Waals surface area contributed by atoms with Crippen LogP contribution in [0.2, 0.25) is 0 Å². The van der Waals surface area contributed by atoms with Crippen LogP contribution in [0.5, 0.6) is 6.01 Å². The highest BCUT2D eigenvalue weighted by Crippen LogP contribution is 2.40. The number of alkyl halides is 1. The Labute approximate surface area is 226 Å². The fraction of sp³-hybridized carbons (Fsp3) is 0.462. The number of hydrogen-bond donors (Lipinski definition) is 3. The molecule has 39 heavy (non-hydrogen) atoms. The fourth-order valence-electron chi connectivity index (χ4n) is 6.30. The lowest BCUT2D eigenvalue weighted by Gasteiger charge is -2.31. The third kappa shape index (κ3) is 4.19. The second-order valence-corrected chi connectivity index (χ2v) is 11.6. The van der Waals surface area contributed by atoms with Crippen molar-refractivity contribution in [2.24, 2.45) is 0 Å². The summed E-state index contributed by atoms with van der Waals surface area (Å²) < 4.78 is 35.3. The van der Waals surface area contributed by atoms with E-state index in [1.807, 2.05) is 4.90 Å². The zero-order chi connectivity index (χ0) is 26.7. The van der Waals surface area contributed by atoms with Crippen molar-refractivity contribution in [3.05, 3.63) is 34.4 Å². The molecule has 3 fully saturated rings. The normalized spacial score (nSPS) is 23.6. The Morgan fingerprint density at radius 1 is 1.21 bits per heavy atom. The van der Waals surface area contributed by atoms with Crippen LogP contribution in [0, 0.1) is 5.82 Å². The number of ether oxygens (including phenoxy) is 1. The molecular weight excluding hydrogens is 526 g/mol. The average molecular weight is 555 g/mol. The van der Waals surface area contributed by atoms with Crippen LogP contribution in [0.15, 0.2) is 23.0 Å². The molecule has 7 rings (SSSR count). The number of anilines is 2. The molecule has 1 aromatic carbocycles. The van der Waals surface area contributed by atoms with Gasteiger partial charge in [0.15, 0.2) is 5.13 Å². The number of nitrogens with zero attached hydrogens (tertiary/aromatic N) is 5. The molecule has 3 aliphatic heterocycles. The van der Waals surface area contributed by atoms with Crippen LogP contribution in [-0.2, 0) is 0 Å². The molecule has 3 aliphatic rings. The lowest BCUT2D eigenvalue weighted by Crippen LogP contribution is -2.44. The van der Waals surface area contributed by atoms with E-state index in [9.17, 15) is 13.6 Å². The number of nitrogen functional groups attached to an aromatic ring is 1. The first kappa shape index (κ1) is 24.6. The maximum absolute atomic E-state index is 14.4. The highest BCUT2D eigenvalue weighted by atomic mass is 32.1. The molecule has 6 heterocycles. The Bertz CT molecular complexity index is 1640. The Hall–Kier alpha value is -3.42. The van der Waals surface area contributed by atoms with Gasteiger partial charge in [-0.05, 0) is 37.6 Å². The second-order valence-electron chi connectivity index (χ2n) is 10.5. The van der Waals surface area contributed by atoms with E-state index in [4.69, 9.17) is 15.5 Å². The minimum absolute atomic E-state index is 0.151. The summed E-state index contributed by atoms with van der Waals surface area (Å²) in [5, 5.41) is 3.91. The molecule has 3 saturated heterocycles. The van der Waals surface area contributed by atoms with Gasteiger partial charge in [0.25, 0.3) is 5.56 Å². The SMILES string of the molecule is Nc1nc2c(-c3cc4nc(OC[C@@]56CCCN5CC(F)C6)nc(N5CCNCC5)c4c(=O)[nH]3)ccc(F)c2s1. The summed E-state index contributed by atoms with van der Waals surface area (Å²) in [6.07, 6.45) is 1.45. The van der Waals surface area contributed by atoms with E-state index in [-0.39, 0.29) is 28.8 Å².